The summed E-state index contributed by atoms with van der Waals surface area (Å²) >= 11 is 5.83. The van der Waals surface area contributed by atoms with Crippen LogP contribution in [0.25, 0.3) is 0 Å². The molecule has 0 saturated carbocycles. The molecule has 0 spiro atoms. The highest BCUT2D eigenvalue weighted by atomic mass is 35.5. The zero-order chi connectivity index (χ0) is 11.5. The van der Waals surface area contributed by atoms with Gasteiger partial charge in [0.25, 0.3) is 0 Å². The maximum Gasteiger partial charge on any atom is 0.379 e. The highest BCUT2D eigenvalue weighted by Crippen LogP contribution is 2.24. The molecule has 0 atom stereocenters. The van der Waals surface area contributed by atoms with Crippen molar-refractivity contribution in [3.8, 4) is 5.75 Å². The molecule has 0 unspecified atom stereocenters. The number of rotatable bonds is 2. The number of furan rings is 1. The van der Waals surface area contributed by atoms with Crippen molar-refractivity contribution in [2.75, 3.05) is 5.73 Å². The SMILES string of the molecule is Nc1ccc(C(=O)Oc2ccccc2Cl)o1. The van der Waals surface area contributed by atoms with Crippen LogP contribution in [0, 0.1) is 0 Å². The minimum absolute atomic E-state index is 0.0393. The van der Waals surface area contributed by atoms with Crippen molar-refractivity contribution in [3.05, 3.63) is 47.2 Å². The van der Waals surface area contributed by atoms with Crippen LogP contribution in [0.3, 0.4) is 0 Å². The third-order valence-corrected chi connectivity index (χ3v) is 2.18. The van der Waals surface area contributed by atoms with Gasteiger partial charge in [-0.05, 0) is 18.2 Å². The van der Waals surface area contributed by atoms with Crippen molar-refractivity contribution >= 4 is 23.5 Å². The van der Waals surface area contributed by atoms with Gasteiger partial charge in [-0.2, -0.15) is 0 Å². The lowest BCUT2D eigenvalue weighted by atomic mass is 10.3. The van der Waals surface area contributed by atoms with Gasteiger partial charge < -0.3 is 14.9 Å². The smallest absolute Gasteiger partial charge is 0.379 e. The number of hydrogen-bond donors (Lipinski definition) is 1. The molecule has 1 aromatic heterocycles. The van der Waals surface area contributed by atoms with E-state index in [1.54, 1.807) is 24.3 Å². The van der Waals surface area contributed by atoms with Crippen LogP contribution in [-0.2, 0) is 0 Å². The van der Waals surface area contributed by atoms with E-state index in [1.807, 2.05) is 0 Å². The van der Waals surface area contributed by atoms with Gasteiger partial charge in [0, 0.05) is 6.07 Å². The second-order valence-corrected chi connectivity index (χ2v) is 3.43. The van der Waals surface area contributed by atoms with Crippen molar-refractivity contribution in [3.63, 3.8) is 0 Å². The Morgan fingerprint density at radius 2 is 2.00 bits per heavy atom. The minimum Gasteiger partial charge on any atom is -0.434 e. The summed E-state index contributed by atoms with van der Waals surface area (Å²) in [5, 5.41) is 0.357. The molecule has 0 saturated heterocycles. The molecule has 82 valence electrons. The first-order valence-electron chi connectivity index (χ1n) is 4.49. The summed E-state index contributed by atoms with van der Waals surface area (Å²) in [7, 11) is 0. The van der Waals surface area contributed by atoms with Gasteiger partial charge in [0.1, 0.15) is 5.75 Å². The molecule has 0 aliphatic carbocycles. The Morgan fingerprint density at radius 1 is 1.25 bits per heavy atom. The average molecular weight is 238 g/mol. The number of para-hydroxylation sites is 1. The van der Waals surface area contributed by atoms with Gasteiger partial charge >= 0.3 is 5.97 Å². The van der Waals surface area contributed by atoms with Crippen molar-refractivity contribution in [2.24, 2.45) is 0 Å². The molecule has 16 heavy (non-hydrogen) atoms. The van der Waals surface area contributed by atoms with Gasteiger partial charge in [-0.15, -0.1) is 0 Å². The number of benzene rings is 1. The summed E-state index contributed by atoms with van der Waals surface area (Å²) < 4.78 is 9.94. The molecule has 4 nitrogen and oxygen atoms in total. The van der Waals surface area contributed by atoms with Gasteiger partial charge in [-0.3, -0.25) is 0 Å². The third kappa shape index (κ3) is 2.17. The molecule has 0 radical (unpaired) electrons. The summed E-state index contributed by atoms with van der Waals surface area (Å²) in [5.41, 5.74) is 5.34. The fourth-order valence-electron chi connectivity index (χ4n) is 1.14. The molecular formula is C11H8ClNO3. The van der Waals surface area contributed by atoms with E-state index in [0.717, 1.165) is 0 Å². The lowest BCUT2D eigenvalue weighted by Gasteiger charge is -2.03. The van der Waals surface area contributed by atoms with Gasteiger partial charge in [-0.25, -0.2) is 4.79 Å². The number of carbonyl (C=O) groups excluding carboxylic acids is 1. The van der Waals surface area contributed by atoms with Gasteiger partial charge in [-0.1, -0.05) is 23.7 Å². The summed E-state index contributed by atoms with van der Waals surface area (Å²) in [6.07, 6.45) is 0. The van der Waals surface area contributed by atoms with Crippen LogP contribution in [-0.4, -0.2) is 5.97 Å². The Morgan fingerprint density at radius 3 is 2.62 bits per heavy atom. The summed E-state index contributed by atoms with van der Waals surface area (Å²) in [4.78, 5) is 11.5. The van der Waals surface area contributed by atoms with Crippen molar-refractivity contribution < 1.29 is 13.9 Å². The zero-order valence-corrected chi connectivity index (χ0v) is 8.90. The Bertz CT molecular complexity index is 521. The monoisotopic (exact) mass is 237 g/mol. The summed E-state index contributed by atoms with van der Waals surface area (Å²) in [5.74, 6) is -0.155. The Balaban J connectivity index is 2.17. The molecule has 1 aromatic carbocycles. The van der Waals surface area contributed by atoms with E-state index in [1.165, 1.54) is 12.1 Å². The number of ether oxygens (including phenoxy) is 1. The molecular weight excluding hydrogens is 230 g/mol. The average Bonchev–Trinajstić information content (AvgIpc) is 2.68. The Kier molecular flexibility index (Phi) is 2.83. The number of nitrogen functional groups attached to an aromatic ring is 1. The standard InChI is InChI=1S/C11H8ClNO3/c12-7-3-1-2-4-8(7)16-11(14)9-5-6-10(13)15-9/h1-6H,13H2. The normalized spacial score (nSPS) is 10.1. The van der Waals surface area contributed by atoms with Crippen molar-refractivity contribution in [2.45, 2.75) is 0 Å². The molecule has 1 heterocycles. The van der Waals surface area contributed by atoms with E-state index < -0.39 is 5.97 Å². The van der Waals surface area contributed by atoms with E-state index in [0.29, 0.717) is 5.02 Å². The number of nitrogens with two attached hydrogens (primary N) is 1. The van der Waals surface area contributed by atoms with Crippen LogP contribution in [0.1, 0.15) is 10.6 Å². The molecule has 0 aliphatic rings. The van der Waals surface area contributed by atoms with Crippen LogP contribution in [0.2, 0.25) is 5.02 Å². The van der Waals surface area contributed by atoms with Crippen molar-refractivity contribution in [1.82, 2.24) is 0 Å². The van der Waals surface area contributed by atoms with Crippen LogP contribution >= 0.6 is 11.6 Å². The highest BCUT2D eigenvalue weighted by Gasteiger charge is 2.14. The molecule has 2 aromatic rings. The molecule has 5 heteroatoms. The fraction of sp³-hybridized carbons (Fsp3) is 0. The Labute approximate surface area is 96.6 Å². The van der Waals surface area contributed by atoms with Crippen molar-refractivity contribution in [1.29, 1.82) is 0 Å². The van der Waals surface area contributed by atoms with Crippen LogP contribution in [0.15, 0.2) is 40.8 Å². The first-order valence-corrected chi connectivity index (χ1v) is 4.86. The first-order chi connectivity index (χ1) is 7.66. The molecule has 2 N–H and O–H groups in total. The predicted molar refractivity (Wildman–Crippen MR) is 59.5 cm³/mol. The second-order valence-electron chi connectivity index (χ2n) is 3.02. The topological polar surface area (TPSA) is 65.5 Å². The van der Waals surface area contributed by atoms with Crippen LogP contribution in [0.5, 0.6) is 5.75 Å². The van der Waals surface area contributed by atoms with E-state index in [9.17, 15) is 4.79 Å². The molecule has 2 rings (SSSR count). The number of hydrogen-bond acceptors (Lipinski definition) is 4. The van der Waals surface area contributed by atoms with E-state index in [2.05, 4.69) is 0 Å². The largest absolute Gasteiger partial charge is 0.434 e. The Hall–Kier alpha value is -1.94. The molecule has 0 bridgehead atoms. The van der Waals surface area contributed by atoms with E-state index in [4.69, 9.17) is 26.5 Å². The molecule has 0 amide bonds. The number of anilines is 1. The lowest BCUT2D eigenvalue weighted by molar-refractivity contribution is 0.0703. The third-order valence-electron chi connectivity index (χ3n) is 1.87. The van der Waals surface area contributed by atoms with Crippen LogP contribution < -0.4 is 10.5 Å². The molecule has 0 aliphatic heterocycles. The van der Waals surface area contributed by atoms with Gasteiger partial charge in [0.05, 0.1) is 5.02 Å². The highest BCUT2D eigenvalue weighted by molar-refractivity contribution is 6.32. The summed E-state index contributed by atoms with van der Waals surface area (Å²) in [6.45, 7) is 0. The van der Waals surface area contributed by atoms with Gasteiger partial charge in [0.2, 0.25) is 5.76 Å². The van der Waals surface area contributed by atoms with Crippen LogP contribution in [0.4, 0.5) is 5.88 Å². The zero-order valence-electron chi connectivity index (χ0n) is 8.14. The van der Waals surface area contributed by atoms with Gasteiger partial charge in [0.15, 0.2) is 5.88 Å². The second kappa shape index (κ2) is 4.28. The first kappa shape index (κ1) is 10.6. The molecule has 0 fully saturated rings. The predicted octanol–water partition coefficient (Wildman–Crippen LogP) is 2.73. The fourth-order valence-corrected chi connectivity index (χ4v) is 1.31. The van der Waals surface area contributed by atoms with E-state index in [-0.39, 0.29) is 17.4 Å². The minimum atomic E-state index is -0.634. The maximum atomic E-state index is 11.5. The quantitative estimate of drug-likeness (QED) is 0.644. The number of carbonyl (C=O) groups is 1. The van der Waals surface area contributed by atoms with E-state index >= 15 is 0 Å². The maximum absolute atomic E-state index is 11.5. The lowest BCUT2D eigenvalue weighted by Crippen LogP contribution is -2.07. The summed E-state index contributed by atoms with van der Waals surface area (Å²) in [6, 6.07) is 9.58. The number of esters is 1. The number of halogens is 1.